The second kappa shape index (κ2) is 9.31. The van der Waals surface area contributed by atoms with Gasteiger partial charge < -0.3 is 0 Å². The fourth-order valence-corrected chi connectivity index (χ4v) is 5.56. The van der Waals surface area contributed by atoms with Crippen LogP contribution < -0.4 is 9.13 Å². The first-order valence-corrected chi connectivity index (χ1v) is 12.2. The molecule has 0 fully saturated rings. The molecule has 5 aromatic rings. The summed E-state index contributed by atoms with van der Waals surface area (Å²) in [5.74, 6) is 0. The molecule has 0 radical (unpaired) electrons. The first kappa shape index (κ1) is 22.7. The summed E-state index contributed by atoms with van der Waals surface area (Å²) >= 11 is 0. The van der Waals surface area contributed by atoms with E-state index in [-0.39, 0.29) is 0 Å². The zero-order valence-electron chi connectivity index (χ0n) is 20.9. The molecule has 5 rings (SSSR count). The van der Waals surface area contributed by atoms with Gasteiger partial charge in [-0.3, -0.25) is 0 Å². The second-order valence-corrected chi connectivity index (χ2v) is 9.30. The van der Waals surface area contributed by atoms with E-state index < -0.39 is 5.41 Å². The van der Waals surface area contributed by atoms with Gasteiger partial charge in [0.15, 0.2) is 6.20 Å². The summed E-state index contributed by atoms with van der Waals surface area (Å²) in [5, 5.41) is 0. The summed E-state index contributed by atoms with van der Waals surface area (Å²) in [4.78, 5) is 0. The molecule has 172 valence electrons. The minimum Gasteiger partial charge on any atom is -0.196 e. The highest BCUT2D eigenvalue weighted by Gasteiger charge is 2.47. The fraction of sp³-hybridized carbons (Fsp3) is 0.152. The van der Waals surface area contributed by atoms with E-state index in [1.165, 1.54) is 44.9 Å². The van der Waals surface area contributed by atoms with E-state index >= 15 is 0 Å². The molecule has 2 heterocycles. The van der Waals surface area contributed by atoms with E-state index in [1.54, 1.807) is 0 Å². The third kappa shape index (κ3) is 3.76. The molecule has 0 atom stereocenters. The minimum absolute atomic E-state index is 0.490. The van der Waals surface area contributed by atoms with Crippen molar-refractivity contribution in [3.05, 3.63) is 155 Å². The molecule has 0 saturated carbocycles. The van der Waals surface area contributed by atoms with E-state index in [9.17, 15) is 0 Å². The molecule has 0 aliphatic carbocycles. The number of aryl methyl sites for hydroxylation is 3. The van der Waals surface area contributed by atoms with Crippen LogP contribution in [0.1, 0.15) is 33.5 Å². The van der Waals surface area contributed by atoms with Crippen molar-refractivity contribution in [2.24, 2.45) is 14.1 Å². The molecule has 0 aliphatic rings. The quantitative estimate of drug-likeness (QED) is 0.226. The highest BCUT2D eigenvalue weighted by Crippen LogP contribution is 2.46. The van der Waals surface area contributed by atoms with Gasteiger partial charge in [-0.25, -0.2) is 0 Å². The van der Waals surface area contributed by atoms with Crippen LogP contribution in [-0.2, 0) is 19.5 Å². The third-order valence-electron chi connectivity index (χ3n) is 7.24. The molecule has 0 amide bonds. The van der Waals surface area contributed by atoms with Gasteiger partial charge in [0.2, 0.25) is 5.69 Å². The zero-order chi connectivity index (χ0) is 24.4. The maximum atomic E-state index is 2.38. The lowest BCUT2D eigenvalue weighted by Gasteiger charge is -2.36. The van der Waals surface area contributed by atoms with Crippen LogP contribution >= 0.6 is 0 Å². The molecular formula is C33H32N2+2. The standard InChI is InChI=1S/C33H32N2/c1-25-15-8-10-19-28(25)33(27-17-6-5-7-18-27,29-20-11-9-16-26(29)2)32-23-14-22-31(35(32)4)30-21-12-13-24-34(30)3/h5-24H,1-4H3/q+2. The summed E-state index contributed by atoms with van der Waals surface area (Å²) in [7, 11) is 4.31. The third-order valence-corrected chi connectivity index (χ3v) is 7.24. The molecular weight excluding hydrogens is 424 g/mol. The Morgan fingerprint density at radius 1 is 0.514 bits per heavy atom. The Hall–Kier alpha value is -4.04. The van der Waals surface area contributed by atoms with Gasteiger partial charge in [-0.15, -0.1) is 0 Å². The summed E-state index contributed by atoms with van der Waals surface area (Å²) in [6.07, 6.45) is 2.11. The number of pyridine rings is 2. The topological polar surface area (TPSA) is 7.76 Å². The lowest BCUT2D eigenvalue weighted by Crippen LogP contribution is -2.48. The van der Waals surface area contributed by atoms with E-state index in [0.717, 1.165) is 0 Å². The largest absolute Gasteiger partial charge is 0.277 e. The van der Waals surface area contributed by atoms with Crippen molar-refractivity contribution in [3.8, 4) is 11.4 Å². The molecule has 2 heteroatoms. The van der Waals surface area contributed by atoms with Crippen LogP contribution in [0.25, 0.3) is 11.4 Å². The molecule has 0 bridgehead atoms. The van der Waals surface area contributed by atoms with Crippen LogP contribution in [0.5, 0.6) is 0 Å². The van der Waals surface area contributed by atoms with Gasteiger partial charge in [0.1, 0.15) is 19.5 Å². The number of aromatic nitrogens is 2. The molecule has 0 saturated heterocycles. The predicted molar refractivity (Wildman–Crippen MR) is 142 cm³/mol. The molecule has 35 heavy (non-hydrogen) atoms. The maximum Gasteiger partial charge on any atom is 0.277 e. The second-order valence-electron chi connectivity index (χ2n) is 9.30. The lowest BCUT2D eigenvalue weighted by atomic mass is 9.64. The van der Waals surface area contributed by atoms with Crippen LogP contribution in [0.15, 0.2) is 121 Å². The van der Waals surface area contributed by atoms with Crippen LogP contribution in [0.2, 0.25) is 0 Å². The molecule has 0 spiro atoms. The Balaban J connectivity index is 1.97. The molecule has 3 aromatic carbocycles. The molecule has 0 unspecified atom stereocenters. The Labute approximate surface area is 208 Å². The molecule has 0 aliphatic heterocycles. The Kier molecular flexibility index (Phi) is 6.05. The average molecular weight is 457 g/mol. The van der Waals surface area contributed by atoms with Gasteiger partial charge in [0.05, 0.1) is 0 Å². The average Bonchev–Trinajstić information content (AvgIpc) is 2.88. The smallest absolute Gasteiger partial charge is 0.196 e. The van der Waals surface area contributed by atoms with Gasteiger partial charge in [-0.05, 0) is 53.8 Å². The van der Waals surface area contributed by atoms with Crippen molar-refractivity contribution in [2.75, 3.05) is 0 Å². The zero-order valence-corrected chi connectivity index (χ0v) is 20.9. The number of rotatable bonds is 5. The van der Waals surface area contributed by atoms with Crippen molar-refractivity contribution in [2.45, 2.75) is 19.3 Å². The number of nitrogens with zero attached hydrogens (tertiary/aromatic N) is 2. The van der Waals surface area contributed by atoms with Gasteiger partial charge in [0.25, 0.3) is 11.4 Å². The fourth-order valence-electron chi connectivity index (χ4n) is 5.56. The van der Waals surface area contributed by atoms with Gasteiger partial charge in [0, 0.05) is 24.3 Å². The Morgan fingerprint density at radius 2 is 1.06 bits per heavy atom. The van der Waals surface area contributed by atoms with Crippen molar-refractivity contribution in [3.63, 3.8) is 0 Å². The SMILES string of the molecule is Cc1ccccc1C(c1ccccc1)(c1ccccc1C)c1cccc(-c2cccc[n+]2C)[n+]1C. The van der Waals surface area contributed by atoms with Gasteiger partial charge in [-0.2, -0.15) is 9.13 Å². The van der Waals surface area contributed by atoms with Gasteiger partial charge >= 0.3 is 0 Å². The summed E-state index contributed by atoms with van der Waals surface area (Å²) < 4.78 is 4.56. The molecule has 0 N–H and O–H groups in total. The molecule has 2 nitrogen and oxygen atoms in total. The number of hydrogen-bond acceptors (Lipinski definition) is 0. The minimum atomic E-state index is -0.490. The number of benzene rings is 3. The maximum absolute atomic E-state index is 2.38. The first-order chi connectivity index (χ1) is 17.0. The lowest BCUT2D eigenvalue weighted by molar-refractivity contribution is -0.695. The number of hydrogen-bond donors (Lipinski definition) is 0. The first-order valence-electron chi connectivity index (χ1n) is 12.2. The van der Waals surface area contributed by atoms with Crippen molar-refractivity contribution in [1.29, 1.82) is 0 Å². The van der Waals surface area contributed by atoms with Crippen molar-refractivity contribution < 1.29 is 9.13 Å². The van der Waals surface area contributed by atoms with E-state index in [0.29, 0.717) is 0 Å². The monoisotopic (exact) mass is 456 g/mol. The Bertz CT molecular complexity index is 1440. The summed E-state index contributed by atoms with van der Waals surface area (Å²) in [6, 6.07) is 41.7. The summed E-state index contributed by atoms with van der Waals surface area (Å²) in [5.41, 5.74) is 9.49. The van der Waals surface area contributed by atoms with Crippen molar-refractivity contribution in [1.82, 2.24) is 0 Å². The van der Waals surface area contributed by atoms with Crippen molar-refractivity contribution >= 4 is 0 Å². The van der Waals surface area contributed by atoms with Crippen LogP contribution in [0, 0.1) is 13.8 Å². The van der Waals surface area contributed by atoms with Gasteiger partial charge in [-0.1, -0.05) is 78.9 Å². The van der Waals surface area contributed by atoms with Crippen LogP contribution in [-0.4, -0.2) is 0 Å². The normalized spacial score (nSPS) is 11.4. The van der Waals surface area contributed by atoms with E-state index in [4.69, 9.17) is 0 Å². The highest BCUT2D eigenvalue weighted by atomic mass is 15.0. The predicted octanol–water partition coefficient (Wildman–Crippen LogP) is 6.00. The highest BCUT2D eigenvalue weighted by molar-refractivity contribution is 5.61. The van der Waals surface area contributed by atoms with E-state index in [1.807, 2.05) is 0 Å². The van der Waals surface area contributed by atoms with Crippen LogP contribution in [0.4, 0.5) is 0 Å². The summed E-state index contributed by atoms with van der Waals surface area (Å²) in [6.45, 7) is 4.46. The van der Waals surface area contributed by atoms with Crippen LogP contribution in [0.3, 0.4) is 0 Å². The Morgan fingerprint density at radius 3 is 1.66 bits per heavy atom. The van der Waals surface area contributed by atoms with E-state index in [2.05, 4.69) is 159 Å². The molecule has 2 aromatic heterocycles.